The number of halogens is 1. The summed E-state index contributed by atoms with van der Waals surface area (Å²) in [6.07, 6.45) is 1.70. The second-order valence-corrected chi connectivity index (χ2v) is 3.51. The molecule has 0 amide bonds. The maximum atomic E-state index is 11.3. The SMILES string of the molecule is O=c1[nH]cc(-c2ccccc2)cc1CCl. The van der Waals surface area contributed by atoms with Gasteiger partial charge in [-0.15, -0.1) is 11.6 Å². The van der Waals surface area contributed by atoms with Crippen LogP contribution in [0.25, 0.3) is 11.1 Å². The highest BCUT2D eigenvalue weighted by Gasteiger charge is 2.01. The number of H-pyrrole nitrogens is 1. The van der Waals surface area contributed by atoms with Gasteiger partial charge in [0, 0.05) is 11.8 Å². The van der Waals surface area contributed by atoms with Gasteiger partial charge in [-0.25, -0.2) is 0 Å². The molecule has 0 radical (unpaired) electrons. The van der Waals surface area contributed by atoms with Gasteiger partial charge in [-0.2, -0.15) is 0 Å². The molecule has 1 aromatic heterocycles. The number of aromatic amines is 1. The maximum absolute atomic E-state index is 11.3. The van der Waals surface area contributed by atoms with Crippen LogP contribution >= 0.6 is 11.6 Å². The molecule has 0 aliphatic rings. The molecule has 0 bridgehead atoms. The Bertz CT molecular complexity index is 505. The van der Waals surface area contributed by atoms with E-state index in [0.29, 0.717) is 5.56 Å². The lowest BCUT2D eigenvalue weighted by molar-refractivity contribution is 1.17. The van der Waals surface area contributed by atoms with Crippen LogP contribution in [0, 0.1) is 0 Å². The summed E-state index contributed by atoms with van der Waals surface area (Å²) in [5, 5.41) is 0. The predicted molar refractivity (Wildman–Crippen MR) is 62.1 cm³/mol. The normalized spacial score (nSPS) is 10.2. The average molecular weight is 220 g/mol. The largest absolute Gasteiger partial charge is 0.328 e. The van der Waals surface area contributed by atoms with Crippen LogP contribution in [0.1, 0.15) is 5.56 Å². The summed E-state index contributed by atoms with van der Waals surface area (Å²) < 4.78 is 0. The Morgan fingerprint density at radius 3 is 2.53 bits per heavy atom. The monoisotopic (exact) mass is 219 g/mol. The minimum Gasteiger partial charge on any atom is -0.328 e. The van der Waals surface area contributed by atoms with Crippen molar-refractivity contribution in [3.05, 3.63) is 58.5 Å². The molecule has 1 heterocycles. The molecule has 2 nitrogen and oxygen atoms in total. The molecule has 0 saturated heterocycles. The summed E-state index contributed by atoms with van der Waals surface area (Å²) in [6, 6.07) is 11.7. The first-order valence-electron chi connectivity index (χ1n) is 4.64. The van der Waals surface area contributed by atoms with Crippen molar-refractivity contribution < 1.29 is 0 Å². The van der Waals surface area contributed by atoms with Crippen LogP contribution in [0.15, 0.2) is 47.4 Å². The molecule has 1 aromatic carbocycles. The third-order valence-corrected chi connectivity index (χ3v) is 2.52. The van der Waals surface area contributed by atoms with Crippen molar-refractivity contribution in [2.75, 3.05) is 0 Å². The second-order valence-electron chi connectivity index (χ2n) is 3.24. The van der Waals surface area contributed by atoms with Gasteiger partial charge < -0.3 is 4.98 Å². The van der Waals surface area contributed by atoms with Crippen molar-refractivity contribution in [3.8, 4) is 11.1 Å². The van der Waals surface area contributed by atoms with E-state index in [1.165, 1.54) is 0 Å². The van der Waals surface area contributed by atoms with E-state index in [-0.39, 0.29) is 11.4 Å². The van der Waals surface area contributed by atoms with Crippen molar-refractivity contribution in [1.82, 2.24) is 4.98 Å². The van der Waals surface area contributed by atoms with Crippen molar-refractivity contribution in [3.63, 3.8) is 0 Å². The minimum atomic E-state index is -0.121. The lowest BCUT2D eigenvalue weighted by Gasteiger charge is -2.02. The number of nitrogens with one attached hydrogen (secondary N) is 1. The van der Waals surface area contributed by atoms with Gasteiger partial charge in [0.25, 0.3) is 5.56 Å². The van der Waals surface area contributed by atoms with E-state index >= 15 is 0 Å². The molecule has 15 heavy (non-hydrogen) atoms. The van der Waals surface area contributed by atoms with Crippen LogP contribution in [0.3, 0.4) is 0 Å². The molecule has 0 aliphatic carbocycles. The van der Waals surface area contributed by atoms with Gasteiger partial charge in [-0.05, 0) is 17.2 Å². The van der Waals surface area contributed by atoms with Gasteiger partial charge in [0.1, 0.15) is 0 Å². The summed E-state index contributed by atoms with van der Waals surface area (Å²) in [6.45, 7) is 0. The molecule has 0 atom stereocenters. The minimum absolute atomic E-state index is 0.121. The van der Waals surface area contributed by atoms with Crippen LogP contribution in [0.4, 0.5) is 0 Å². The van der Waals surface area contributed by atoms with E-state index in [2.05, 4.69) is 4.98 Å². The lowest BCUT2D eigenvalue weighted by atomic mass is 10.1. The molecular formula is C12H10ClNO. The summed E-state index contributed by atoms with van der Waals surface area (Å²) in [7, 11) is 0. The molecule has 0 saturated carbocycles. The Kier molecular flexibility index (Phi) is 2.88. The summed E-state index contributed by atoms with van der Waals surface area (Å²) >= 11 is 5.67. The molecule has 0 spiro atoms. The highest BCUT2D eigenvalue weighted by Crippen LogP contribution is 2.17. The van der Waals surface area contributed by atoms with E-state index in [4.69, 9.17) is 11.6 Å². The first-order chi connectivity index (χ1) is 7.31. The number of alkyl halides is 1. The smallest absolute Gasteiger partial charge is 0.252 e. The van der Waals surface area contributed by atoms with Crippen molar-refractivity contribution in [2.24, 2.45) is 0 Å². The fraction of sp³-hybridized carbons (Fsp3) is 0.0833. The maximum Gasteiger partial charge on any atom is 0.252 e. The Labute approximate surface area is 92.5 Å². The van der Waals surface area contributed by atoms with Crippen LogP contribution in [-0.4, -0.2) is 4.98 Å². The Hall–Kier alpha value is -1.54. The number of benzene rings is 1. The zero-order valence-corrected chi connectivity index (χ0v) is 8.79. The standard InChI is InChI=1S/C12H10ClNO/c13-7-10-6-11(8-14-12(10)15)9-4-2-1-3-5-9/h1-6,8H,7H2,(H,14,15). The second kappa shape index (κ2) is 4.32. The molecular weight excluding hydrogens is 210 g/mol. The first kappa shape index (κ1) is 9.99. The molecule has 76 valence electrons. The highest BCUT2D eigenvalue weighted by molar-refractivity contribution is 6.17. The predicted octanol–water partition coefficient (Wildman–Crippen LogP) is 2.78. The number of hydrogen-bond acceptors (Lipinski definition) is 1. The van der Waals surface area contributed by atoms with Crippen molar-refractivity contribution in [1.29, 1.82) is 0 Å². The molecule has 3 heteroatoms. The van der Waals surface area contributed by atoms with Crippen molar-refractivity contribution >= 4 is 11.6 Å². The molecule has 2 aromatic rings. The third-order valence-electron chi connectivity index (χ3n) is 2.23. The van der Waals surface area contributed by atoms with Crippen LogP contribution < -0.4 is 5.56 Å². The Morgan fingerprint density at radius 2 is 1.87 bits per heavy atom. The highest BCUT2D eigenvalue weighted by atomic mass is 35.5. The number of pyridine rings is 1. The van der Waals surface area contributed by atoms with Crippen molar-refractivity contribution in [2.45, 2.75) is 5.88 Å². The zero-order valence-electron chi connectivity index (χ0n) is 8.03. The molecule has 0 fully saturated rings. The van der Waals surface area contributed by atoms with E-state index in [1.807, 2.05) is 36.4 Å². The number of rotatable bonds is 2. The van der Waals surface area contributed by atoms with Gasteiger partial charge in [0.15, 0.2) is 0 Å². The van der Waals surface area contributed by atoms with Crippen LogP contribution in [0.5, 0.6) is 0 Å². The van der Waals surface area contributed by atoms with Crippen LogP contribution in [0.2, 0.25) is 0 Å². The van der Waals surface area contributed by atoms with Gasteiger partial charge in [-0.1, -0.05) is 30.3 Å². The fourth-order valence-corrected chi connectivity index (χ4v) is 1.63. The van der Waals surface area contributed by atoms with Gasteiger partial charge in [0.05, 0.1) is 5.88 Å². The molecule has 0 aliphatic heterocycles. The first-order valence-corrected chi connectivity index (χ1v) is 5.17. The van der Waals surface area contributed by atoms with E-state index in [1.54, 1.807) is 6.20 Å². The molecule has 1 N–H and O–H groups in total. The fourth-order valence-electron chi connectivity index (χ4n) is 1.43. The van der Waals surface area contributed by atoms with E-state index in [0.717, 1.165) is 11.1 Å². The molecule has 2 rings (SSSR count). The Balaban J connectivity index is 2.51. The van der Waals surface area contributed by atoms with Gasteiger partial charge >= 0.3 is 0 Å². The third kappa shape index (κ3) is 2.10. The zero-order chi connectivity index (χ0) is 10.7. The van der Waals surface area contributed by atoms with Gasteiger partial charge in [0.2, 0.25) is 0 Å². The quantitative estimate of drug-likeness (QED) is 0.775. The topological polar surface area (TPSA) is 32.9 Å². The molecule has 0 unspecified atom stereocenters. The average Bonchev–Trinajstić information content (AvgIpc) is 2.31. The lowest BCUT2D eigenvalue weighted by Crippen LogP contribution is -2.10. The number of hydrogen-bond donors (Lipinski definition) is 1. The van der Waals surface area contributed by atoms with Crippen LogP contribution in [-0.2, 0) is 5.88 Å². The van der Waals surface area contributed by atoms with E-state index in [9.17, 15) is 4.79 Å². The Morgan fingerprint density at radius 1 is 1.13 bits per heavy atom. The van der Waals surface area contributed by atoms with E-state index < -0.39 is 0 Å². The number of aromatic nitrogens is 1. The summed E-state index contributed by atoms with van der Waals surface area (Å²) in [5.41, 5.74) is 2.52. The van der Waals surface area contributed by atoms with Gasteiger partial charge in [-0.3, -0.25) is 4.79 Å². The summed E-state index contributed by atoms with van der Waals surface area (Å²) in [4.78, 5) is 14.0. The summed E-state index contributed by atoms with van der Waals surface area (Å²) in [5.74, 6) is 0.232.